The summed E-state index contributed by atoms with van der Waals surface area (Å²) < 4.78 is 11.9. The molecule has 0 aromatic heterocycles. The van der Waals surface area contributed by atoms with Gasteiger partial charge in [0.2, 0.25) is 9.04 Å². The predicted octanol–water partition coefficient (Wildman–Crippen LogP) is 3.33. The summed E-state index contributed by atoms with van der Waals surface area (Å²) in [6, 6.07) is 0. The Hall–Kier alpha value is 0.354. The molecule has 0 aliphatic heterocycles. The first-order valence-electron chi connectivity index (χ1n) is 5.90. The van der Waals surface area contributed by atoms with E-state index in [1.807, 2.05) is 0 Å². The molecule has 0 aliphatic carbocycles. The van der Waals surface area contributed by atoms with Gasteiger partial charge in [-0.3, -0.25) is 0 Å². The molecule has 2 atom stereocenters. The van der Waals surface area contributed by atoms with Crippen LogP contribution in [-0.4, -0.2) is 29.7 Å². The molecule has 0 rings (SSSR count). The van der Waals surface area contributed by atoms with E-state index in [-0.39, 0.29) is 5.22 Å². The molecule has 0 spiro atoms. The Morgan fingerprint density at radius 2 is 1.80 bits per heavy atom. The minimum absolute atomic E-state index is 0.0477. The van der Waals surface area contributed by atoms with Crippen LogP contribution in [0.2, 0.25) is 25.2 Å². The minimum atomic E-state index is -1.57. The average molecular weight is 249 g/mol. The largest absolute Gasteiger partial charge is 0.421 e. The van der Waals surface area contributed by atoms with Crippen molar-refractivity contribution in [3.8, 4) is 0 Å². The summed E-state index contributed by atoms with van der Waals surface area (Å²) >= 11 is 0. The molecule has 0 radical (unpaired) electrons. The van der Waals surface area contributed by atoms with Crippen LogP contribution in [0.1, 0.15) is 34.1 Å². The third kappa shape index (κ3) is 4.38. The molecule has 0 aliphatic rings. The van der Waals surface area contributed by atoms with Crippen LogP contribution >= 0.6 is 0 Å². The van der Waals surface area contributed by atoms with E-state index in [2.05, 4.69) is 47.3 Å². The molecule has 0 heterocycles. The van der Waals surface area contributed by atoms with Crippen LogP contribution in [0.25, 0.3) is 0 Å². The molecule has 0 amide bonds. The van der Waals surface area contributed by atoms with Crippen LogP contribution < -0.4 is 0 Å². The summed E-state index contributed by atoms with van der Waals surface area (Å²) in [6.07, 6.45) is 1.21. The lowest BCUT2D eigenvalue weighted by Gasteiger charge is -2.40. The number of hydrogen-bond donors (Lipinski definition) is 0. The fraction of sp³-hybridized carbons (Fsp3) is 1.00. The van der Waals surface area contributed by atoms with Gasteiger partial charge in [-0.05, 0) is 39.0 Å². The summed E-state index contributed by atoms with van der Waals surface area (Å²) in [5.41, 5.74) is 0.704. The average Bonchev–Trinajstić information content (AvgIpc) is 2.13. The van der Waals surface area contributed by atoms with Gasteiger partial charge in [0.15, 0.2) is 8.32 Å². The molecule has 0 bridgehead atoms. The molecular weight excluding hydrogens is 220 g/mol. The molecule has 15 heavy (non-hydrogen) atoms. The Morgan fingerprint density at radius 1 is 1.33 bits per heavy atom. The van der Waals surface area contributed by atoms with E-state index in [1.54, 1.807) is 7.11 Å². The van der Waals surface area contributed by atoms with E-state index >= 15 is 0 Å². The maximum Gasteiger partial charge on any atom is 0.203 e. The number of hydrogen-bond acceptors (Lipinski definition) is 2. The van der Waals surface area contributed by atoms with Crippen LogP contribution in [0.15, 0.2) is 0 Å². The summed E-state index contributed by atoms with van der Waals surface area (Å²) in [4.78, 5) is 0. The van der Waals surface area contributed by atoms with Crippen molar-refractivity contribution in [2.24, 2.45) is 0 Å². The van der Waals surface area contributed by atoms with E-state index in [0.29, 0.717) is 5.54 Å². The van der Waals surface area contributed by atoms with E-state index in [9.17, 15) is 0 Å². The Bertz CT molecular complexity index is 173. The second-order valence-electron chi connectivity index (χ2n) is 5.50. The second-order valence-corrected chi connectivity index (χ2v) is 13.0. The van der Waals surface area contributed by atoms with Crippen LogP contribution in [0.4, 0.5) is 0 Å². The lowest BCUT2D eigenvalue weighted by molar-refractivity contribution is 0.151. The fourth-order valence-corrected chi connectivity index (χ4v) is 6.32. The maximum absolute atomic E-state index is 6.41. The van der Waals surface area contributed by atoms with Crippen LogP contribution in [-0.2, 0) is 8.85 Å². The molecule has 0 fully saturated rings. The Balaban J connectivity index is 4.56. The molecule has 0 aromatic carbocycles. The van der Waals surface area contributed by atoms with Gasteiger partial charge < -0.3 is 8.85 Å². The first-order valence-corrected chi connectivity index (χ1v) is 11.1. The lowest BCUT2D eigenvalue weighted by atomic mass is 10.4. The van der Waals surface area contributed by atoms with Crippen molar-refractivity contribution in [3.05, 3.63) is 0 Å². The zero-order valence-corrected chi connectivity index (χ0v) is 13.8. The molecule has 0 N–H and O–H groups in total. The van der Waals surface area contributed by atoms with Gasteiger partial charge in [-0.1, -0.05) is 20.3 Å². The van der Waals surface area contributed by atoms with Crippen molar-refractivity contribution in [2.75, 3.05) is 7.11 Å². The quantitative estimate of drug-likeness (QED) is 0.671. The van der Waals surface area contributed by atoms with Gasteiger partial charge in [-0.25, -0.2) is 0 Å². The first-order chi connectivity index (χ1) is 6.67. The van der Waals surface area contributed by atoms with E-state index in [0.717, 1.165) is 0 Å². The van der Waals surface area contributed by atoms with Gasteiger partial charge in [-0.15, -0.1) is 0 Å². The minimum Gasteiger partial charge on any atom is -0.421 e. The summed E-state index contributed by atoms with van der Waals surface area (Å²) in [7, 11) is -0.991. The third-order valence-corrected chi connectivity index (χ3v) is 10.5. The smallest absolute Gasteiger partial charge is 0.203 e. The van der Waals surface area contributed by atoms with Crippen molar-refractivity contribution in [1.29, 1.82) is 0 Å². The van der Waals surface area contributed by atoms with Crippen LogP contribution in [0, 0.1) is 0 Å². The Morgan fingerprint density at radius 3 is 2.13 bits per heavy atom. The molecule has 4 heteroatoms. The zero-order chi connectivity index (χ0) is 12.3. The highest BCUT2D eigenvalue weighted by atomic mass is 28.4. The van der Waals surface area contributed by atoms with Crippen molar-refractivity contribution in [1.82, 2.24) is 0 Å². The standard InChI is InChI=1S/C11H28O2Si2/c1-9-10(2)15(7,8)13-11(3,4)14(6)12-5/h10,14H,9H2,1-8H3. The highest BCUT2D eigenvalue weighted by molar-refractivity contribution is 6.73. The maximum atomic E-state index is 6.41. The third-order valence-electron chi connectivity index (χ3n) is 3.66. The van der Waals surface area contributed by atoms with Crippen molar-refractivity contribution >= 4 is 17.4 Å². The van der Waals surface area contributed by atoms with Gasteiger partial charge in [0.25, 0.3) is 0 Å². The van der Waals surface area contributed by atoms with Crippen molar-refractivity contribution < 1.29 is 8.85 Å². The van der Waals surface area contributed by atoms with Crippen molar-refractivity contribution in [3.63, 3.8) is 0 Å². The van der Waals surface area contributed by atoms with E-state index in [1.165, 1.54) is 6.42 Å². The predicted molar refractivity (Wildman–Crippen MR) is 72.4 cm³/mol. The second kappa shape index (κ2) is 5.61. The highest BCUT2D eigenvalue weighted by Gasteiger charge is 2.39. The molecule has 2 nitrogen and oxygen atoms in total. The highest BCUT2D eigenvalue weighted by Crippen LogP contribution is 2.31. The molecule has 0 saturated heterocycles. The topological polar surface area (TPSA) is 18.5 Å². The molecular formula is C11H28O2Si2. The van der Waals surface area contributed by atoms with E-state index in [4.69, 9.17) is 8.85 Å². The monoisotopic (exact) mass is 248 g/mol. The molecule has 2 unspecified atom stereocenters. The molecule has 92 valence electrons. The zero-order valence-electron chi connectivity index (χ0n) is 11.7. The molecule has 0 aromatic rings. The van der Waals surface area contributed by atoms with Crippen LogP contribution in [0.5, 0.6) is 0 Å². The Labute approximate surface area is 98.2 Å². The lowest BCUT2D eigenvalue weighted by Crippen LogP contribution is -2.51. The van der Waals surface area contributed by atoms with Gasteiger partial charge >= 0.3 is 0 Å². The first kappa shape index (κ1) is 15.4. The summed E-state index contributed by atoms with van der Waals surface area (Å²) in [5, 5.41) is -0.0477. The van der Waals surface area contributed by atoms with Gasteiger partial charge in [-0.2, -0.15) is 0 Å². The normalized spacial score (nSPS) is 17.6. The SMILES string of the molecule is CCC(C)[Si](C)(C)OC(C)(C)[SiH](C)OC. The van der Waals surface area contributed by atoms with E-state index < -0.39 is 17.4 Å². The fourth-order valence-electron chi connectivity index (χ4n) is 1.64. The summed E-state index contributed by atoms with van der Waals surface area (Å²) in [5.74, 6) is 0. The van der Waals surface area contributed by atoms with Gasteiger partial charge in [0.1, 0.15) is 0 Å². The summed E-state index contributed by atoms with van der Waals surface area (Å²) in [6.45, 7) is 15.8. The van der Waals surface area contributed by atoms with Crippen molar-refractivity contribution in [2.45, 2.75) is 64.5 Å². The van der Waals surface area contributed by atoms with Crippen LogP contribution in [0.3, 0.4) is 0 Å². The molecule has 0 saturated carbocycles. The van der Waals surface area contributed by atoms with Gasteiger partial charge in [0, 0.05) is 7.11 Å². The van der Waals surface area contributed by atoms with Gasteiger partial charge in [0.05, 0.1) is 5.22 Å². The number of rotatable bonds is 6. The Kier molecular flexibility index (Phi) is 5.75.